The number of hydrogen-bond acceptors (Lipinski definition) is 3. The second-order valence-corrected chi connectivity index (χ2v) is 3.56. The van der Waals surface area contributed by atoms with Crippen LogP contribution in [0.1, 0.15) is 0 Å². The molecule has 11 heavy (non-hydrogen) atoms. The first-order chi connectivity index (χ1) is 5.24. The summed E-state index contributed by atoms with van der Waals surface area (Å²) in [6, 6.07) is 0. The lowest BCUT2D eigenvalue weighted by Gasteiger charge is -1.95. The van der Waals surface area contributed by atoms with Crippen molar-refractivity contribution in [1.82, 2.24) is 0 Å². The van der Waals surface area contributed by atoms with Crippen molar-refractivity contribution in [2.75, 3.05) is 6.26 Å². The van der Waals surface area contributed by atoms with Gasteiger partial charge in [-0.3, -0.25) is 5.41 Å². The molecule has 0 aliphatic carbocycles. The molecule has 0 amide bonds. The second-order valence-electron chi connectivity index (χ2n) is 1.87. The van der Waals surface area contributed by atoms with Crippen molar-refractivity contribution in [2.45, 2.75) is 0 Å². The number of rotatable bonds is 0. The molecule has 1 aliphatic heterocycles. The van der Waals surface area contributed by atoms with Gasteiger partial charge in [-0.25, -0.2) is 4.99 Å². The average Bonchev–Trinajstić information content (AvgIpc) is 2.37. The van der Waals surface area contributed by atoms with Gasteiger partial charge in [-0.15, -0.1) is 0 Å². The molecule has 1 rings (SSSR count). The van der Waals surface area contributed by atoms with Gasteiger partial charge in [0, 0.05) is 5.57 Å². The molecule has 58 valence electrons. The number of hydrogen-bond donors (Lipinski definition) is 1. The molecule has 4 heteroatoms. The van der Waals surface area contributed by atoms with E-state index in [0.717, 1.165) is 10.6 Å². The Bertz CT molecular complexity index is 253. The fourth-order valence-corrected chi connectivity index (χ4v) is 1.53. The third-order valence-corrected chi connectivity index (χ3v) is 2.45. The normalized spacial score (nSPS) is 19.7. The van der Waals surface area contributed by atoms with Crippen LogP contribution in [0, 0.1) is 5.41 Å². The lowest BCUT2D eigenvalue weighted by atomic mass is 10.3. The van der Waals surface area contributed by atoms with Crippen LogP contribution in [-0.2, 0) is 0 Å². The molecule has 0 spiro atoms. The molecule has 1 heterocycles. The Balaban J connectivity index is 2.69. The Hall–Kier alpha value is -0.480. The summed E-state index contributed by atoms with van der Waals surface area (Å²) in [4.78, 5) is 4.04. The highest BCUT2D eigenvalue weighted by atomic mass is 32.2. The SMILES string of the molecule is C=C1C=CS/C1=N/C(=N)SC. The Labute approximate surface area is 74.4 Å². The molecule has 0 saturated heterocycles. The molecular formula is C7H8N2S2. The minimum Gasteiger partial charge on any atom is -0.277 e. The van der Waals surface area contributed by atoms with Crippen LogP contribution >= 0.6 is 23.5 Å². The van der Waals surface area contributed by atoms with Crippen LogP contribution in [0.25, 0.3) is 0 Å². The Morgan fingerprint density at radius 2 is 2.55 bits per heavy atom. The maximum Gasteiger partial charge on any atom is 0.180 e. The van der Waals surface area contributed by atoms with Crippen LogP contribution in [0.15, 0.2) is 28.6 Å². The zero-order valence-electron chi connectivity index (χ0n) is 6.13. The van der Waals surface area contributed by atoms with Crippen molar-refractivity contribution < 1.29 is 0 Å². The van der Waals surface area contributed by atoms with E-state index in [2.05, 4.69) is 11.6 Å². The molecule has 0 bridgehead atoms. The van der Waals surface area contributed by atoms with Crippen LogP contribution in [0.3, 0.4) is 0 Å². The number of allylic oxidation sites excluding steroid dienone is 1. The number of amidine groups is 1. The molecule has 0 aromatic rings. The minimum atomic E-state index is 0.331. The number of thioether (sulfide) groups is 2. The van der Waals surface area contributed by atoms with E-state index in [0.29, 0.717) is 5.17 Å². The minimum absolute atomic E-state index is 0.331. The lowest BCUT2D eigenvalue weighted by molar-refractivity contribution is 1.50. The first-order valence-electron chi connectivity index (χ1n) is 2.97. The topological polar surface area (TPSA) is 36.2 Å². The standard InChI is InChI=1S/C7H8N2S2/c1-5-3-4-11-6(5)9-7(8)10-2/h3-4,8H,1H2,2H3/b8-7?,9-6+. The summed E-state index contributed by atoms with van der Waals surface area (Å²) >= 11 is 2.84. The number of nitrogens with zero attached hydrogens (tertiary/aromatic N) is 1. The van der Waals surface area contributed by atoms with E-state index < -0.39 is 0 Å². The largest absolute Gasteiger partial charge is 0.277 e. The van der Waals surface area contributed by atoms with Crippen LogP contribution in [-0.4, -0.2) is 16.5 Å². The first kappa shape index (κ1) is 8.62. The van der Waals surface area contributed by atoms with Crippen molar-refractivity contribution in [3.05, 3.63) is 23.6 Å². The fourth-order valence-electron chi connectivity index (χ4n) is 0.564. The first-order valence-corrected chi connectivity index (χ1v) is 5.08. The van der Waals surface area contributed by atoms with Gasteiger partial charge in [0.1, 0.15) is 5.04 Å². The Morgan fingerprint density at radius 3 is 3.00 bits per heavy atom. The summed E-state index contributed by atoms with van der Waals surface area (Å²) in [5.74, 6) is 0. The molecule has 0 fully saturated rings. The molecule has 0 radical (unpaired) electrons. The highest BCUT2D eigenvalue weighted by Gasteiger charge is 2.07. The van der Waals surface area contributed by atoms with Gasteiger partial charge in [0.25, 0.3) is 0 Å². The third kappa shape index (κ3) is 2.24. The van der Waals surface area contributed by atoms with Crippen molar-refractivity contribution in [2.24, 2.45) is 4.99 Å². The maximum atomic E-state index is 7.29. The van der Waals surface area contributed by atoms with E-state index in [1.807, 2.05) is 17.7 Å². The fraction of sp³-hybridized carbons (Fsp3) is 0.143. The summed E-state index contributed by atoms with van der Waals surface area (Å²) in [6.07, 6.45) is 3.74. The molecular weight excluding hydrogens is 176 g/mol. The lowest BCUT2D eigenvalue weighted by Crippen LogP contribution is -1.92. The van der Waals surface area contributed by atoms with Gasteiger partial charge >= 0.3 is 0 Å². The van der Waals surface area contributed by atoms with Gasteiger partial charge in [-0.2, -0.15) is 0 Å². The van der Waals surface area contributed by atoms with Gasteiger partial charge in [0.2, 0.25) is 0 Å². The molecule has 0 saturated carbocycles. The van der Waals surface area contributed by atoms with Gasteiger partial charge in [0.15, 0.2) is 5.17 Å². The van der Waals surface area contributed by atoms with Crippen LogP contribution in [0.2, 0.25) is 0 Å². The highest BCUT2D eigenvalue weighted by Crippen LogP contribution is 2.22. The zero-order chi connectivity index (χ0) is 8.27. The van der Waals surface area contributed by atoms with Gasteiger partial charge in [-0.05, 0) is 17.7 Å². The molecule has 2 nitrogen and oxygen atoms in total. The van der Waals surface area contributed by atoms with Crippen LogP contribution < -0.4 is 0 Å². The summed E-state index contributed by atoms with van der Waals surface area (Å²) in [5, 5.41) is 10.4. The summed E-state index contributed by atoms with van der Waals surface area (Å²) in [7, 11) is 0. The number of nitrogens with one attached hydrogen (secondary N) is 1. The second kappa shape index (κ2) is 3.78. The molecule has 0 atom stereocenters. The van der Waals surface area contributed by atoms with E-state index >= 15 is 0 Å². The molecule has 1 N–H and O–H groups in total. The Kier molecular flexibility index (Phi) is 2.96. The monoisotopic (exact) mass is 184 g/mol. The van der Waals surface area contributed by atoms with E-state index in [4.69, 9.17) is 5.41 Å². The molecule has 1 aliphatic rings. The maximum absolute atomic E-state index is 7.29. The molecule has 0 aromatic heterocycles. The number of aliphatic imine (C=N–C) groups is 1. The van der Waals surface area contributed by atoms with Crippen LogP contribution in [0.4, 0.5) is 0 Å². The highest BCUT2D eigenvalue weighted by molar-refractivity contribution is 8.17. The van der Waals surface area contributed by atoms with E-state index in [1.54, 1.807) is 0 Å². The zero-order valence-corrected chi connectivity index (χ0v) is 7.76. The Morgan fingerprint density at radius 1 is 1.82 bits per heavy atom. The predicted octanol–water partition coefficient (Wildman–Crippen LogP) is 2.50. The summed E-state index contributed by atoms with van der Waals surface area (Å²) in [5.41, 5.74) is 0.897. The smallest absolute Gasteiger partial charge is 0.180 e. The van der Waals surface area contributed by atoms with Crippen molar-refractivity contribution in [3.63, 3.8) is 0 Å². The van der Waals surface area contributed by atoms with E-state index in [1.165, 1.54) is 23.5 Å². The van der Waals surface area contributed by atoms with Crippen molar-refractivity contribution >= 4 is 33.7 Å². The van der Waals surface area contributed by atoms with Gasteiger partial charge < -0.3 is 0 Å². The van der Waals surface area contributed by atoms with E-state index in [9.17, 15) is 0 Å². The van der Waals surface area contributed by atoms with Crippen molar-refractivity contribution in [1.29, 1.82) is 5.41 Å². The summed E-state index contributed by atoms with van der Waals surface area (Å²) in [6.45, 7) is 3.78. The quantitative estimate of drug-likeness (QED) is 0.464. The molecule has 0 aromatic carbocycles. The predicted molar refractivity (Wildman–Crippen MR) is 54.5 cm³/mol. The van der Waals surface area contributed by atoms with Gasteiger partial charge in [-0.1, -0.05) is 30.1 Å². The van der Waals surface area contributed by atoms with Crippen LogP contribution in [0.5, 0.6) is 0 Å². The summed E-state index contributed by atoms with van der Waals surface area (Å²) < 4.78 is 0. The van der Waals surface area contributed by atoms with Crippen molar-refractivity contribution in [3.8, 4) is 0 Å². The average molecular weight is 184 g/mol. The third-order valence-electron chi connectivity index (χ3n) is 1.12. The molecule has 0 unspecified atom stereocenters. The van der Waals surface area contributed by atoms with E-state index in [-0.39, 0.29) is 0 Å². The van der Waals surface area contributed by atoms with Gasteiger partial charge in [0.05, 0.1) is 0 Å².